The van der Waals surface area contributed by atoms with Crippen molar-refractivity contribution in [3.63, 3.8) is 0 Å². The van der Waals surface area contributed by atoms with Gasteiger partial charge in [0.05, 0.1) is 6.61 Å². The molecule has 19 heavy (non-hydrogen) atoms. The Morgan fingerprint density at radius 1 is 1.32 bits per heavy atom. The van der Waals surface area contributed by atoms with Gasteiger partial charge in [-0.2, -0.15) is 0 Å². The van der Waals surface area contributed by atoms with Crippen molar-refractivity contribution < 1.29 is 49.6 Å². The van der Waals surface area contributed by atoms with Crippen molar-refractivity contribution in [3.8, 4) is 0 Å². The van der Waals surface area contributed by atoms with Crippen LogP contribution < -0.4 is 0 Å². The summed E-state index contributed by atoms with van der Waals surface area (Å²) in [4.78, 5) is 28.5. The third kappa shape index (κ3) is 3.37. The monoisotopic (exact) mass is 282 g/mol. The van der Waals surface area contributed by atoms with Gasteiger partial charge in [-0.1, -0.05) is 0 Å². The molecule has 0 aliphatic carbocycles. The van der Waals surface area contributed by atoms with Crippen LogP contribution in [0.2, 0.25) is 0 Å². The zero-order chi connectivity index (χ0) is 14.6. The van der Waals surface area contributed by atoms with Gasteiger partial charge in [0, 0.05) is 0 Å². The van der Waals surface area contributed by atoms with Crippen LogP contribution >= 0.6 is 0 Å². The molecule has 0 aromatic heterocycles. The van der Waals surface area contributed by atoms with Crippen LogP contribution in [0.15, 0.2) is 0 Å². The minimum Gasteiger partial charge on any atom is -0.394 e. The summed E-state index contributed by atoms with van der Waals surface area (Å²) in [5.41, 5.74) is 0. The van der Waals surface area contributed by atoms with Crippen LogP contribution in [0.25, 0.3) is 0 Å². The summed E-state index contributed by atoms with van der Waals surface area (Å²) < 4.78 is 4.77. The van der Waals surface area contributed by atoms with Crippen molar-refractivity contribution in [3.05, 3.63) is 0 Å². The lowest BCUT2D eigenvalue weighted by Crippen LogP contribution is -2.65. The van der Waals surface area contributed by atoms with Crippen LogP contribution in [0.1, 0.15) is 6.42 Å². The first-order valence-corrected chi connectivity index (χ1v) is 5.20. The molecule has 0 spiro atoms. The first-order valence-electron chi connectivity index (χ1n) is 5.20. The highest BCUT2D eigenvalue weighted by atomic mass is 17.2. The lowest BCUT2D eigenvalue weighted by atomic mass is 9.91. The molecule has 1 heterocycles. The predicted octanol–water partition coefficient (Wildman–Crippen LogP) is -3.83. The molecule has 5 N–H and O–H groups in total. The molecule has 1 saturated heterocycles. The number of ether oxygens (including phenoxy) is 1. The van der Waals surface area contributed by atoms with E-state index in [0.717, 1.165) is 0 Å². The summed E-state index contributed by atoms with van der Waals surface area (Å²) in [6, 6.07) is 0. The molecule has 10 heteroatoms. The lowest BCUT2D eigenvalue weighted by Gasteiger charge is -2.44. The molecule has 0 bridgehead atoms. The number of hydrogen-bond donors (Lipinski definition) is 5. The van der Waals surface area contributed by atoms with E-state index in [0.29, 0.717) is 0 Å². The molecule has 1 unspecified atom stereocenters. The van der Waals surface area contributed by atoms with E-state index in [1.54, 1.807) is 0 Å². The average Bonchev–Trinajstić information content (AvgIpc) is 2.38. The highest BCUT2D eigenvalue weighted by Crippen LogP contribution is 2.30. The topological polar surface area (TPSA) is 163 Å². The molecule has 0 amide bonds. The Morgan fingerprint density at radius 3 is 2.47 bits per heavy atom. The Balaban J connectivity index is 2.77. The Labute approximate surface area is 106 Å². The van der Waals surface area contributed by atoms with E-state index >= 15 is 0 Å². The molecule has 0 aromatic carbocycles. The maximum absolute atomic E-state index is 11.1. The van der Waals surface area contributed by atoms with Crippen LogP contribution in [0.4, 0.5) is 0 Å². The largest absolute Gasteiger partial charge is 0.394 e. The molecular formula is C9H14O10. The number of aliphatic hydroxyl groups excluding tert-OH is 4. The zero-order valence-electron chi connectivity index (χ0n) is 9.58. The summed E-state index contributed by atoms with van der Waals surface area (Å²) in [7, 11) is 0. The van der Waals surface area contributed by atoms with Crippen LogP contribution in [0, 0.1) is 0 Å². The molecule has 0 radical (unpaired) electrons. The Kier molecular flexibility index (Phi) is 5.17. The second kappa shape index (κ2) is 6.23. The van der Waals surface area contributed by atoms with E-state index in [9.17, 15) is 30.0 Å². The van der Waals surface area contributed by atoms with Gasteiger partial charge in [-0.15, -0.1) is 0 Å². The van der Waals surface area contributed by atoms with Gasteiger partial charge in [0.2, 0.25) is 5.79 Å². The van der Waals surface area contributed by atoms with E-state index in [4.69, 9.17) is 9.84 Å². The van der Waals surface area contributed by atoms with Crippen molar-refractivity contribution >= 4 is 12.4 Å². The molecule has 10 nitrogen and oxygen atoms in total. The van der Waals surface area contributed by atoms with Gasteiger partial charge >= 0.3 is 12.4 Å². The predicted molar refractivity (Wildman–Crippen MR) is 52.8 cm³/mol. The second-order valence-corrected chi connectivity index (χ2v) is 3.93. The van der Waals surface area contributed by atoms with Crippen molar-refractivity contribution in [2.45, 2.75) is 36.6 Å². The van der Waals surface area contributed by atoms with Gasteiger partial charge in [-0.25, -0.2) is 9.68 Å². The minimum atomic E-state index is -2.60. The second-order valence-electron chi connectivity index (χ2n) is 3.93. The van der Waals surface area contributed by atoms with E-state index in [2.05, 4.69) is 9.78 Å². The summed E-state index contributed by atoms with van der Waals surface area (Å²) in [6.07, 6.45) is -7.95. The van der Waals surface area contributed by atoms with Crippen LogP contribution in [-0.2, 0) is 24.1 Å². The van der Waals surface area contributed by atoms with Crippen LogP contribution in [-0.4, -0.2) is 74.8 Å². The van der Waals surface area contributed by atoms with Gasteiger partial charge in [0.1, 0.15) is 30.8 Å². The first-order chi connectivity index (χ1) is 8.85. The third-order valence-corrected chi connectivity index (χ3v) is 2.63. The summed E-state index contributed by atoms with van der Waals surface area (Å²) >= 11 is 0. The van der Waals surface area contributed by atoms with Crippen LogP contribution in [0.3, 0.4) is 0 Å². The fourth-order valence-corrected chi connectivity index (χ4v) is 1.68. The smallest absolute Gasteiger partial charge is 0.361 e. The lowest BCUT2D eigenvalue weighted by molar-refractivity contribution is -0.352. The number of carbonyl (C=O) groups excluding carboxylic acids is 2. The first kappa shape index (κ1) is 15.8. The van der Waals surface area contributed by atoms with E-state index in [1.165, 1.54) is 0 Å². The molecule has 110 valence electrons. The van der Waals surface area contributed by atoms with Crippen molar-refractivity contribution in [1.29, 1.82) is 0 Å². The van der Waals surface area contributed by atoms with Gasteiger partial charge in [-0.05, 0) is 0 Å². The van der Waals surface area contributed by atoms with Crippen molar-refractivity contribution in [2.24, 2.45) is 0 Å². The minimum absolute atomic E-state index is 0.185. The number of aliphatic hydroxyl groups is 5. The van der Waals surface area contributed by atoms with Gasteiger partial charge in [0.15, 0.2) is 0 Å². The Morgan fingerprint density at radius 2 is 1.95 bits per heavy atom. The highest BCUT2D eigenvalue weighted by molar-refractivity contribution is 5.70. The molecule has 1 fully saturated rings. The molecular weight excluding hydrogens is 268 g/mol. The maximum Gasteiger partial charge on any atom is 0.361 e. The summed E-state index contributed by atoms with van der Waals surface area (Å²) in [5.74, 6) is -3.87. The quantitative estimate of drug-likeness (QED) is 0.192. The molecule has 0 aromatic rings. The maximum atomic E-state index is 11.1. The van der Waals surface area contributed by atoms with E-state index in [1.807, 2.05) is 0 Å². The number of rotatable bonds is 5. The molecule has 1 aliphatic rings. The fraction of sp³-hybridized carbons (Fsp3) is 0.778. The Bertz CT molecular complexity index is 331. The molecule has 1 aliphatic heterocycles. The molecule has 0 saturated carbocycles. The normalized spacial score (nSPS) is 38.6. The van der Waals surface area contributed by atoms with Crippen molar-refractivity contribution in [1.82, 2.24) is 0 Å². The third-order valence-electron chi connectivity index (χ3n) is 2.63. The number of carbonyl (C=O) groups is 2. The van der Waals surface area contributed by atoms with Crippen LogP contribution in [0.5, 0.6) is 0 Å². The van der Waals surface area contributed by atoms with E-state index in [-0.39, 0.29) is 6.47 Å². The SMILES string of the molecule is O=COOC(=O)CC1(O)O[C@H](CO)[C@@H](O)[C@H](O)[C@H]1O. The van der Waals surface area contributed by atoms with E-state index < -0.39 is 49.2 Å². The Hall–Kier alpha value is -1.30. The number of hydrogen-bond acceptors (Lipinski definition) is 10. The zero-order valence-corrected chi connectivity index (χ0v) is 9.58. The van der Waals surface area contributed by atoms with Gasteiger partial charge in [-0.3, -0.25) is 9.68 Å². The summed E-state index contributed by atoms with van der Waals surface area (Å²) in [6.45, 7) is -0.956. The molecule has 1 rings (SSSR count). The van der Waals surface area contributed by atoms with Gasteiger partial charge < -0.3 is 30.3 Å². The highest BCUT2D eigenvalue weighted by Gasteiger charge is 2.53. The van der Waals surface area contributed by atoms with Gasteiger partial charge in [0.25, 0.3) is 0 Å². The fourth-order valence-electron chi connectivity index (χ4n) is 1.68. The van der Waals surface area contributed by atoms with Crippen molar-refractivity contribution in [2.75, 3.05) is 6.61 Å². The summed E-state index contributed by atoms with van der Waals surface area (Å²) in [5, 5.41) is 47.3. The molecule has 5 atom stereocenters. The average molecular weight is 282 g/mol. The standard InChI is InChI=1S/C9H14O10/c10-2-4-6(13)7(14)8(15)9(16,18-4)1-5(12)19-17-3-11/h3-4,6-8,10,13-16H,1-2H2/t4-,6-,7+,8-,9?/m1/s1.